The quantitative estimate of drug-likeness (QED) is 0.216. The normalized spacial score (nSPS) is 10.6. The van der Waals surface area contributed by atoms with Gasteiger partial charge in [-0.25, -0.2) is 0 Å². The molecule has 4 nitrogen and oxygen atoms in total. The monoisotopic (exact) mass is 962 g/mol. The first-order valence-electron chi connectivity index (χ1n) is 19.3. The predicted octanol–water partition coefficient (Wildman–Crippen LogP) is 6.03. The SMILES string of the molecule is CC(C)c1cccc(C(C)C)c1[O-].CC(C)c1cccc(C(C)C)c1[O-].CC(C)c1cccc(C(C)C)c1[O-].CC(C)c1cccc(C(C)C)c1[O-].[Cl-].[Cl-].[W]. The van der Waals surface area contributed by atoms with Crippen LogP contribution in [0.5, 0.6) is 23.0 Å². The Labute approximate surface area is 362 Å². The molecule has 4 aromatic carbocycles. The molecule has 0 fully saturated rings. The molecule has 0 saturated heterocycles. The Morgan fingerprint density at radius 2 is 0.345 bits per heavy atom. The molecule has 0 aromatic heterocycles. The van der Waals surface area contributed by atoms with Crippen LogP contribution in [-0.4, -0.2) is 0 Å². The van der Waals surface area contributed by atoms with Gasteiger partial charge in [0, 0.05) is 21.1 Å². The summed E-state index contributed by atoms with van der Waals surface area (Å²) in [6.45, 7) is 32.9. The van der Waals surface area contributed by atoms with E-state index in [1.54, 1.807) is 0 Å². The summed E-state index contributed by atoms with van der Waals surface area (Å²) < 4.78 is 0. The largest absolute Gasteiger partial charge is 1.00 e. The van der Waals surface area contributed by atoms with E-state index < -0.39 is 0 Å². The molecular formula is C48H68Cl2O4W-6. The van der Waals surface area contributed by atoms with Crippen molar-refractivity contribution >= 4 is 0 Å². The number of hydrogen-bond donors (Lipinski definition) is 0. The van der Waals surface area contributed by atoms with Gasteiger partial charge in [-0.15, -0.1) is 23.0 Å². The molecule has 7 heteroatoms. The fourth-order valence-electron chi connectivity index (χ4n) is 5.93. The minimum absolute atomic E-state index is 0. The second-order valence-corrected chi connectivity index (χ2v) is 16.3. The Balaban J connectivity index is -0.000000644. The Bertz CT molecular complexity index is 1310. The van der Waals surface area contributed by atoms with E-state index in [1.807, 2.05) is 72.8 Å². The average Bonchev–Trinajstić information content (AvgIpc) is 3.05. The summed E-state index contributed by atoms with van der Waals surface area (Å²) in [7, 11) is 0. The number of halogens is 2. The topological polar surface area (TPSA) is 92.2 Å². The van der Waals surface area contributed by atoms with Crippen molar-refractivity contribution in [3.63, 3.8) is 0 Å². The number of benzene rings is 4. The molecular weight excluding hydrogens is 895 g/mol. The van der Waals surface area contributed by atoms with Crippen LogP contribution >= 0.6 is 0 Å². The average molecular weight is 964 g/mol. The minimum Gasteiger partial charge on any atom is -1.00 e. The van der Waals surface area contributed by atoms with Gasteiger partial charge in [0.25, 0.3) is 0 Å². The molecule has 0 aliphatic heterocycles. The second-order valence-electron chi connectivity index (χ2n) is 16.3. The molecule has 4 rings (SSSR count). The first-order chi connectivity index (χ1) is 24.1. The molecule has 55 heavy (non-hydrogen) atoms. The van der Waals surface area contributed by atoms with Gasteiger partial charge in [-0.3, -0.25) is 0 Å². The van der Waals surface area contributed by atoms with Crippen molar-refractivity contribution in [2.75, 3.05) is 0 Å². The first-order valence-corrected chi connectivity index (χ1v) is 19.3. The summed E-state index contributed by atoms with van der Waals surface area (Å²) in [5.41, 5.74) is 7.49. The van der Waals surface area contributed by atoms with Crippen molar-refractivity contribution < 1.29 is 66.3 Å². The Morgan fingerprint density at radius 1 is 0.255 bits per heavy atom. The number of rotatable bonds is 8. The van der Waals surface area contributed by atoms with Crippen LogP contribution in [0.1, 0.15) is 203 Å². The standard InChI is InChI=1S/4C12H18O.2ClH.W/c4*1-8(2)10-6-5-7-11(9(3)4)12(10)13;;;/h4*5-9,13H,1-4H3;2*1H;/p-6. The molecule has 0 amide bonds. The van der Waals surface area contributed by atoms with E-state index in [9.17, 15) is 20.4 Å². The van der Waals surface area contributed by atoms with Crippen LogP contribution in [0.2, 0.25) is 0 Å². The second kappa shape index (κ2) is 27.1. The Morgan fingerprint density at radius 3 is 0.418 bits per heavy atom. The molecule has 0 bridgehead atoms. The van der Waals surface area contributed by atoms with Gasteiger partial charge in [0.2, 0.25) is 0 Å². The maximum atomic E-state index is 11.9. The van der Waals surface area contributed by atoms with Crippen molar-refractivity contribution in [1.29, 1.82) is 0 Å². The summed E-state index contributed by atoms with van der Waals surface area (Å²) in [6.07, 6.45) is 0. The zero-order valence-corrected chi connectivity index (χ0v) is 40.8. The Kier molecular flexibility index (Phi) is 27.9. The maximum Gasteiger partial charge on any atom is 0 e. The molecule has 0 heterocycles. The van der Waals surface area contributed by atoms with Crippen LogP contribution < -0.4 is 45.2 Å². The molecule has 0 radical (unpaired) electrons. The van der Waals surface area contributed by atoms with Crippen LogP contribution in [0.15, 0.2) is 72.8 Å². The van der Waals surface area contributed by atoms with Crippen LogP contribution in [-0.2, 0) is 21.1 Å². The van der Waals surface area contributed by atoms with Gasteiger partial charge in [-0.2, -0.15) is 0 Å². The molecule has 0 unspecified atom stereocenters. The Hall–Kier alpha value is -2.65. The molecule has 0 aliphatic carbocycles. The predicted molar refractivity (Wildman–Crippen MR) is 216 cm³/mol. The van der Waals surface area contributed by atoms with Crippen LogP contribution in [0.4, 0.5) is 0 Å². The van der Waals surface area contributed by atoms with E-state index >= 15 is 0 Å². The summed E-state index contributed by atoms with van der Waals surface area (Å²) in [5.74, 6) is 3.52. The molecule has 0 spiro atoms. The van der Waals surface area contributed by atoms with Gasteiger partial charge in [-0.1, -0.05) is 228 Å². The van der Waals surface area contributed by atoms with Crippen molar-refractivity contribution in [3.8, 4) is 23.0 Å². The van der Waals surface area contributed by atoms with Gasteiger partial charge in [0.15, 0.2) is 0 Å². The van der Waals surface area contributed by atoms with Crippen molar-refractivity contribution in [1.82, 2.24) is 0 Å². The van der Waals surface area contributed by atoms with E-state index in [0.717, 1.165) is 44.5 Å². The fourth-order valence-corrected chi connectivity index (χ4v) is 5.93. The molecule has 0 saturated carbocycles. The zero-order chi connectivity index (χ0) is 40.0. The van der Waals surface area contributed by atoms with E-state index in [-0.39, 0.29) is 68.9 Å². The van der Waals surface area contributed by atoms with E-state index in [4.69, 9.17) is 0 Å². The molecule has 0 aliphatic rings. The summed E-state index contributed by atoms with van der Waals surface area (Å²) in [4.78, 5) is 0. The fraction of sp³-hybridized carbons (Fsp3) is 0.500. The molecule has 0 atom stereocenters. The molecule has 0 N–H and O–H groups in total. The van der Waals surface area contributed by atoms with E-state index in [2.05, 4.69) is 111 Å². The van der Waals surface area contributed by atoms with Crippen molar-refractivity contribution in [2.45, 2.75) is 158 Å². The van der Waals surface area contributed by atoms with Gasteiger partial charge in [0.05, 0.1) is 0 Å². The van der Waals surface area contributed by atoms with Crippen molar-refractivity contribution in [3.05, 3.63) is 117 Å². The molecule has 310 valence electrons. The van der Waals surface area contributed by atoms with E-state index in [0.29, 0.717) is 47.3 Å². The first kappa shape index (κ1) is 56.7. The van der Waals surface area contributed by atoms with Gasteiger partial charge in [0.1, 0.15) is 0 Å². The maximum absolute atomic E-state index is 11.9. The summed E-state index contributed by atoms with van der Waals surface area (Å²) in [6, 6.07) is 23.3. The van der Waals surface area contributed by atoms with Gasteiger partial charge in [-0.05, 0) is 47.3 Å². The zero-order valence-electron chi connectivity index (χ0n) is 36.3. The molecule has 4 aromatic rings. The minimum atomic E-state index is 0. The third-order valence-electron chi connectivity index (χ3n) is 9.28. The van der Waals surface area contributed by atoms with Gasteiger partial charge < -0.3 is 45.2 Å². The smallest absolute Gasteiger partial charge is 0 e. The number of hydrogen-bond acceptors (Lipinski definition) is 4. The summed E-state index contributed by atoms with van der Waals surface area (Å²) in [5, 5.41) is 47.4. The van der Waals surface area contributed by atoms with Crippen LogP contribution in [0, 0.1) is 0 Å². The third-order valence-corrected chi connectivity index (χ3v) is 9.28. The van der Waals surface area contributed by atoms with Gasteiger partial charge >= 0.3 is 0 Å². The van der Waals surface area contributed by atoms with Crippen LogP contribution in [0.25, 0.3) is 0 Å². The summed E-state index contributed by atoms with van der Waals surface area (Å²) >= 11 is 0. The number of para-hydroxylation sites is 4. The van der Waals surface area contributed by atoms with E-state index in [1.165, 1.54) is 0 Å². The van der Waals surface area contributed by atoms with Crippen molar-refractivity contribution in [2.24, 2.45) is 0 Å². The van der Waals surface area contributed by atoms with Crippen LogP contribution in [0.3, 0.4) is 0 Å². The third kappa shape index (κ3) is 17.2.